The second-order valence-electron chi connectivity index (χ2n) is 7.49. The lowest BCUT2D eigenvalue weighted by Crippen LogP contribution is -2.51. The second-order valence-corrected chi connectivity index (χ2v) is 7.49. The third kappa shape index (κ3) is 3.43. The average Bonchev–Trinajstić information content (AvgIpc) is 3.23. The highest BCUT2D eigenvalue weighted by molar-refractivity contribution is 5.96. The summed E-state index contributed by atoms with van der Waals surface area (Å²) in [5, 5.41) is 0. The van der Waals surface area contributed by atoms with E-state index in [0.29, 0.717) is 19.0 Å². The standard InChI is InChI=1S/C20H27N3O2/c24-19-9-5-12-22(19)14-17-7-3-4-11-21(17)15-20(25)23-13-10-16-6-1-2-8-18(16)23/h1-2,6,8,17H,3-5,7,9-15H2/t17-/m0/s1. The summed E-state index contributed by atoms with van der Waals surface area (Å²) < 4.78 is 0. The Labute approximate surface area is 149 Å². The number of fused-ring (bicyclic) bond motifs is 1. The Morgan fingerprint density at radius 2 is 1.92 bits per heavy atom. The molecule has 25 heavy (non-hydrogen) atoms. The number of piperidine rings is 1. The van der Waals surface area contributed by atoms with Gasteiger partial charge in [0.15, 0.2) is 0 Å². The van der Waals surface area contributed by atoms with Crippen molar-refractivity contribution < 1.29 is 9.59 Å². The molecule has 2 amide bonds. The molecule has 2 fully saturated rings. The van der Waals surface area contributed by atoms with Crippen LogP contribution in [0.3, 0.4) is 0 Å². The molecule has 0 aliphatic carbocycles. The summed E-state index contributed by atoms with van der Waals surface area (Å²) in [7, 11) is 0. The molecule has 3 aliphatic heterocycles. The molecule has 0 saturated carbocycles. The molecule has 0 radical (unpaired) electrons. The van der Waals surface area contributed by atoms with E-state index in [0.717, 1.165) is 57.5 Å². The lowest BCUT2D eigenvalue weighted by atomic mass is 10.0. The Hall–Kier alpha value is -1.88. The number of rotatable bonds is 4. The minimum Gasteiger partial charge on any atom is -0.341 e. The van der Waals surface area contributed by atoms with Gasteiger partial charge in [-0.2, -0.15) is 0 Å². The number of carbonyl (C=O) groups is 2. The van der Waals surface area contributed by atoms with Crippen LogP contribution in [-0.2, 0) is 16.0 Å². The Kier molecular flexibility index (Phi) is 4.75. The number of para-hydroxylation sites is 1. The highest BCUT2D eigenvalue weighted by Gasteiger charge is 2.32. The van der Waals surface area contributed by atoms with E-state index in [1.165, 1.54) is 12.0 Å². The fraction of sp³-hybridized carbons (Fsp3) is 0.600. The molecule has 3 heterocycles. The number of likely N-dealkylation sites (tertiary alicyclic amines) is 2. The van der Waals surface area contributed by atoms with Gasteiger partial charge < -0.3 is 9.80 Å². The topological polar surface area (TPSA) is 43.9 Å². The van der Waals surface area contributed by atoms with Gasteiger partial charge in [-0.3, -0.25) is 14.5 Å². The number of anilines is 1. The van der Waals surface area contributed by atoms with Gasteiger partial charge in [0.05, 0.1) is 6.54 Å². The molecule has 0 unspecified atom stereocenters. The SMILES string of the molecule is O=C1CCCN1C[C@@H]1CCCCN1CC(=O)N1CCc2ccccc21. The molecule has 0 aromatic heterocycles. The van der Waals surface area contributed by atoms with Gasteiger partial charge in [0, 0.05) is 37.8 Å². The third-order valence-corrected chi connectivity index (χ3v) is 5.88. The van der Waals surface area contributed by atoms with Gasteiger partial charge in [-0.05, 0) is 43.9 Å². The van der Waals surface area contributed by atoms with Crippen molar-refractivity contribution in [3.05, 3.63) is 29.8 Å². The first-order valence-corrected chi connectivity index (χ1v) is 9.62. The number of nitrogens with zero attached hydrogens (tertiary/aromatic N) is 3. The largest absolute Gasteiger partial charge is 0.341 e. The first kappa shape index (κ1) is 16.6. The fourth-order valence-electron chi connectivity index (χ4n) is 4.48. The first-order valence-electron chi connectivity index (χ1n) is 9.62. The van der Waals surface area contributed by atoms with Crippen LogP contribution in [0.2, 0.25) is 0 Å². The predicted molar refractivity (Wildman–Crippen MR) is 97.5 cm³/mol. The van der Waals surface area contributed by atoms with Crippen molar-refractivity contribution in [1.82, 2.24) is 9.80 Å². The van der Waals surface area contributed by atoms with Gasteiger partial charge >= 0.3 is 0 Å². The van der Waals surface area contributed by atoms with Gasteiger partial charge in [-0.15, -0.1) is 0 Å². The van der Waals surface area contributed by atoms with Gasteiger partial charge in [0.1, 0.15) is 0 Å². The monoisotopic (exact) mass is 341 g/mol. The molecule has 0 bridgehead atoms. The van der Waals surface area contributed by atoms with Crippen LogP contribution in [0.5, 0.6) is 0 Å². The Morgan fingerprint density at radius 3 is 2.76 bits per heavy atom. The molecule has 0 spiro atoms. The quantitative estimate of drug-likeness (QED) is 0.842. The molecule has 2 saturated heterocycles. The fourth-order valence-corrected chi connectivity index (χ4v) is 4.48. The van der Waals surface area contributed by atoms with E-state index in [1.807, 2.05) is 21.9 Å². The highest BCUT2D eigenvalue weighted by Crippen LogP contribution is 2.28. The smallest absolute Gasteiger partial charge is 0.241 e. The van der Waals surface area contributed by atoms with Crippen molar-refractivity contribution in [1.29, 1.82) is 0 Å². The van der Waals surface area contributed by atoms with Crippen molar-refractivity contribution in [3.63, 3.8) is 0 Å². The summed E-state index contributed by atoms with van der Waals surface area (Å²) in [6, 6.07) is 8.55. The van der Waals surface area contributed by atoms with Gasteiger partial charge in [0.25, 0.3) is 0 Å². The summed E-state index contributed by atoms with van der Waals surface area (Å²) in [5.74, 6) is 0.481. The Morgan fingerprint density at radius 1 is 1.04 bits per heavy atom. The maximum absolute atomic E-state index is 12.9. The van der Waals surface area contributed by atoms with Crippen molar-refractivity contribution in [3.8, 4) is 0 Å². The summed E-state index contributed by atoms with van der Waals surface area (Å²) >= 11 is 0. The maximum Gasteiger partial charge on any atom is 0.241 e. The summed E-state index contributed by atoms with van der Waals surface area (Å²) in [4.78, 5) is 31.1. The summed E-state index contributed by atoms with van der Waals surface area (Å²) in [6.45, 7) is 3.91. The number of hydrogen-bond acceptors (Lipinski definition) is 3. The van der Waals surface area contributed by atoms with Crippen molar-refractivity contribution in [2.45, 2.75) is 44.6 Å². The highest BCUT2D eigenvalue weighted by atomic mass is 16.2. The van der Waals surface area contributed by atoms with Crippen LogP contribution in [0.4, 0.5) is 5.69 Å². The molecular formula is C20H27N3O2. The van der Waals surface area contributed by atoms with Crippen LogP contribution in [0, 0.1) is 0 Å². The molecule has 1 atom stereocenters. The van der Waals surface area contributed by atoms with Crippen LogP contribution in [-0.4, -0.2) is 60.4 Å². The predicted octanol–water partition coefficient (Wildman–Crippen LogP) is 2.05. The van der Waals surface area contributed by atoms with E-state index < -0.39 is 0 Å². The Bertz CT molecular complexity index is 660. The number of hydrogen-bond donors (Lipinski definition) is 0. The van der Waals surface area contributed by atoms with Crippen molar-refractivity contribution in [2.75, 3.05) is 37.6 Å². The molecule has 1 aromatic rings. The van der Waals surface area contributed by atoms with Crippen molar-refractivity contribution >= 4 is 17.5 Å². The van der Waals surface area contributed by atoms with Crippen LogP contribution < -0.4 is 4.90 Å². The minimum absolute atomic E-state index is 0.199. The zero-order chi connectivity index (χ0) is 17.2. The summed E-state index contributed by atoms with van der Waals surface area (Å²) in [6.07, 6.45) is 6.06. The van der Waals surface area contributed by atoms with E-state index in [-0.39, 0.29) is 11.8 Å². The van der Waals surface area contributed by atoms with Crippen LogP contribution >= 0.6 is 0 Å². The molecule has 5 heteroatoms. The zero-order valence-electron chi connectivity index (χ0n) is 14.8. The normalized spacial score (nSPS) is 24.0. The average molecular weight is 341 g/mol. The number of amides is 2. The molecule has 3 aliphatic rings. The van der Waals surface area contributed by atoms with E-state index >= 15 is 0 Å². The van der Waals surface area contributed by atoms with E-state index in [9.17, 15) is 9.59 Å². The van der Waals surface area contributed by atoms with Crippen LogP contribution in [0.25, 0.3) is 0 Å². The van der Waals surface area contributed by atoms with E-state index in [4.69, 9.17) is 0 Å². The lowest BCUT2D eigenvalue weighted by Gasteiger charge is -2.38. The molecule has 134 valence electrons. The van der Waals surface area contributed by atoms with Gasteiger partial charge in [-0.1, -0.05) is 24.6 Å². The molecule has 5 nitrogen and oxygen atoms in total. The van der Waals surface area contributed by atoms with Gasteiger partial charge in [-0.25, -0.2) is 0 Å². The zero-order valence-corrected chi connectivity index (χ0v) is 14.8. The molecule has 0 N–H and O–H groups in total. The van der Waals surface area contributed by atoms with Gasteiger partial charge in [0.2, 0.25) is 11.8 Å². The Balaban J connectivity index is 1.41. The van der Waals surface area contributed by atoms with Crippen LogP contribution in [0.1, 0.15) is 37.7 Å². The molecule has 1 aromatic carbocycles. The molecular weight excluding hydrogens is 314 g/mol. The molecule has 4 rings (SSSR count). The number of carbonyl (C=O) groups excluding carboxylic acids is 2. The lowest BCUT2D eigenvalue weighted by molar-refractivity contribution is -0.128. The third-order valence-electron chi connectivity index (χ3n) is 5.88. The number of benzene rings is 1. The van der Waals surface area contributed by atoms with E-state index in [2.05, 4.69) is 17.0 Å². The van der Waals surface area contributed by atoms with E-state index in [1.54, 1.807) is 0 Å². The van der Waals surface area contributed by atoms with Crippen LogP contribution in [0.15, 0.2) is 24.3 Å². The van der Waals surface area contributed by atoms with Crippen molar-refractivity contribution in [2.24, 2.45) is 0 Å². The maximum atomic E-state index is 12.9. The first-order chi connectivity index (χ1) is 12.2. The minimum atomic E-state index is 0.199. The summed E-state index contributed by atoms with van der Waals surface area (Å²) in [5.41, 5.74) is 2.35. The second kappa shape index (κ2) is 7.16.